The number of benzene rings is 1. The summed E-state index contributed by atoms with van der Waals surface area (Å²) < 4.78 is 4.99. The molecule has 1 saturated carbocycles. The number of fused-ring (bicyclic) bond motifs is 1. The maximum atomic E-state index is 12.4. The summed E-state index contributed by atoms with van der Waals surface area (Å²) in [5.41, 5.74) is 0.953. The van der Waals surface area contributed by atoms with E-state index in [0.29, 0.717) is 0 Å². The molecule has 1 aliphatic carbocycles. The fraction of sp³-hybridized carbons (Fsp3) is 0.524. The van der Waals surface area contributed by atoms with Gasteiger partial charge in [0.05, 0.1) is 24.3 Å². The average molecular weight is 386 g/mol. The molecular weight excluding hydrogens is 360 g/mol. The molecule has 1 saturated heterocycles. The fourth-order valence-corrected chi connectivity index (χ4v) is 3.98. The summed E-state index contributed by atoms with van der Waals surface area (Å²) in [7, 11) is 0. The van der Waals surface area contributed by atoms with E-state index < -0.39 is 11.9 Å². The standard InChI is InChI=1S/C21H26N2O5/c1-14(15-7-3-2-4-8-15)22-18(24)13-28-19(25)11-12-23-20(26)16-9-5-6-10-17(16)21(23)27/h2-4,7-8,14,16-17H,5-6,9-13H2,1H3,(H,22,24)/t14-,16-,17-/m0/s1. The Labute approximate surface area is 164 Å². The largest absolute Gasteiger partial charge is 0.456 e. The first-order chi connectivity index (χ1) is 13.5. The SMILES string of the molecule is C[C@H](NC(=O)COC(=O)CCN1C(=O)[C@H]2CCCC[C@@H]2C1=O)c1ccccc1. The molecule has 28 heavy (non-hydrogen) atoms. The zero-order chi connectivity index (χ0) is 20.1. The van der Waals surface area contributed by atoms with Crippen molar-refractivity contribution in [3.05, 3.63) is 35.9 Å². The predicted octanol–water partition coefficient (Wildman–Crippen LogP) is 1.97. The van der Waals surface area contributed by atoms with Crippen LogP contribution in [0.25, 0.3) is 0 Å². The monoisotopic (exact) mass is 386 g/mol. The van der Waals surface area contributed by atoms with Crippen molar-refractivity contribution in [1.82, 2.24) is 10.2 Å². The number of carbonyl (C=O) groups excluding carboxylic acids is 4. The Morgan fingerprint density at radius 3 is 2.32 bits per heavy atom. The van der Waals surface area contributed by atoms with Gasteiger partial charge >= 0.3 is 5.97 Å². The minimum Gasteiger partial charge on any atom is -0.456 e. The van der Waals surface area contributed by atoms with Gasteiger partial charge in [0.1, 0.15) is 0 Å². The Hall–Kier alpha value is -2.70. The van der Waals surface area contributed by atoms with Crippen LogP contribution in [0, 0.1) is 11.8 Å². The maximum absolute atomic E-state index is 12.4. The van der Waals surface area contributed by atoms with Crippen molar-refractivity contribution in [2.75, 3.05) is 13.2 Å². The molecule has 0 spiro atoms. The molecule has 0 radical (unpaired) electrons. The molecule has 3 atom stereocenters. The molecule has 3 rings (SSSR count). The number of esters is 1. The lowest BCUT2D eigenvalue weighted by Crippen LogP contribution is -2.34. The first-order valence-corrected chi connectivity index (χ1v) is 9.82. The first kappa shape index (κ1) is 20.0. The summed E-state index contributed by atoms with van der Waals surface area (Å²) in [5.74, 6) is -1.78. The molecule has 150 valence electrons. The van der Waals surface area contributed by atoms with Crippen LogP contribution in [0.2, 0.25) is 0 Å². The Morgan fingerprint density at radius 1 is 1.11 bits per heavy atom. The van der Waals surface area contributed by atoms with Crippen LogP contribution in [0.3, 0.4) is 0 Å². The molecule has 1 aromatic carbocycles. The highest BCUT2D eigenvalue weighted by atomic mass is 16.5. The molecule has 7 nitrogen and oxygen atoms in total. The van der Waals surface area contributed by atoms with Crippen molar-refractivity contribution in [3.63, 3.8) is 0 Å². The molecule has 1 aromatic rings. The highest BCUT2D eigenvalue weighted by Gasteiger charge is 2.47. The number of likely N-dealkylation sites (tertiary alicyclic amines) is 1. The topological polar surface area (TPSA) is 92.8 Å². The van der Waals surface area contributed by atoms with Gasteiger partial charge < -0.3 is 10.1 Å². The lowest BCUT2D eigenvalue weighted by molar-refractivity contribution is -0.150. The maximum Gasteiger partial charge on any atom is 0.308 e. The van der Waals surface area contributed by atoms with Crippen LogP contribution in [0.5, 0.6) is 0 Å². The third kappa shape index (κ3) is 4.58. The van der Waals surface area contributed by atoms with E-state index in [9.17, 15) is 19.2 Å². The summed E-state index contributed by atoms with van der Waals surface area (Å²) >= 11 is 0. The minimum absolute atomic E-state index is 0.0194. The second-order valence-corrected chi connectivity index (χ2v) is 7.44. The Kier molecular flexibility index (Phi) is 6.44. The highest BCUT2D eigenvalue weighted by Crippen LogP contribution is 2.37. The van der Waals surface area contributed by atoms with Gasteiger partial charge in [0.15, 0.2) is 6.61 Å². The summed E-state index contributed by atoms with van der Waals surface area (Å²) in [6.07, 6.45) is 3.32. The molecule has 1 N–H and O–H groups in total. The van der Waals surface area contributed by atoms with Crippen LogP contribution in [0.15, 0.2) is 30.3 Å². The number of carbonyl (C=O) groups is 4. The van der Waals surface area contributed by atoms with Crippen LogP contribution in [0.1, 0.15) is 50.6 Å². The van der Waals surface area contributed by atoms with Crippen LogP contribution in [-0.4, -0.2) is 41.7 Å². The molecular formula is C21H26N2O5. The number of imide groups is 1. The lowest BCUT2D eigenvalue weighted by atomic mass is 9.81. The molecule has 0 unspecified atom stereocenters. The van der Waals surface area contributed by atoms with Crippen LogP contribution in [0.4, 0.5) is 0 Å². The molecule has 3 amide bonds. The zero-order valence-corrected chi connectivity index (χ0v) is 16.1. The first-order valence-electron chi connectivity index (χ1n) is 9.82. The molecule has 7 heteroatoms. The third-order valence-corrected chi connectivity index (χ3v) is 5.51. The van der Waals surface area contributed by atoms with E-state index in [-0.39, 0.29) is 49.3 Å². The molecule has 2 fully saturated rings. The summed E-state index contributed by atoms with van der Waals surface area (Å²) in [5, 5.41) is 2.76. The third-order valence-electron chi connectivity index (χ3n) is 5.51. The molecule has 2 aliphatic rings. The van der Waals surface area contributed by atoms with Crippen LogP contribution < -0.4 is 5.32 Å². The zero-order valence-electron chi connectivity index (χ0n) is 16.1. The van der Waals surface area contributed by atoms with Gasteiger partial charge in [0, 0.05) is 6.54 Å². The van der Waals surface area contributed by atoms with Crippen molar-refractivity contribution >= 4 is 23.7 Å². The van der Waals surface area contributed by atoms with E-state index in [4.69, 9.17) is 4.74 Å². The number of ether oxygens (including phenoxy) is 1. The van der Waals surface area contributed by atoms with E-state index in [1.54, 1.807) is 0 Å². The van der Waals surface area contributed by atoms with Crippen molar-refractivity contribution < 1.29 is 23.9 Å². The van der Waals surface area contributed by atoms with Gasteiger partial charge in [0.25, 0.3) is 5.91 Å². The molecule has 1 aliphatic heterocycles. The summed E-state index contributed by atoms with van der Waals surface area (Å²) in [6.45, 7) is 1.48. The molecule has 1 heterocycles. The van der Waals surface area contributed by atoms with E-state index in [2.05, 4.69) is 5.32 Å². The van der Waals surface area contributed by atoms with Crippen molar-refractivity contribution in [1.29, 1.82) is 0 Å². The van der Waals surface area contributed by atoms with Crippen molar-refractivity contribution in [2.45, 2.75) is 45.1 Å². The summed E-state index contributed by atoms with van der Waals surface area (Å²) in [6, 6.07) is 9.27. The van der Waals surface area contributed by atoms with Gasteiger partial charge in [-0.3, -0.25) is 24.1 Å². The van der Waals surface area contributed by atoms with Crippen molar-refractivity contribution in [2.24, 2.45) is 11.8 Å². The normalized spacial score (nSPS) is 22.5. The molecule has 0 bridgehead atoms. The van der Waals surface area contributed by atoms with Gasteiger partial charge in [0.2, 0.25) is 11.8 Å². The lowest BCUT2D eigenvalue weighted by Gasteiger charge is -2.19. The number of hydrogen-bond donors (Lipinski definition) is 1. The van der Waals surface area contributed by atoms with Gasteiger partial charge in [-0.2, -0.15) is 0 Å². The van der Waals surface area contributed by atoms with E-state index in [1.165, 1.54) is 4.90 Å². The fourth-order valence-electron chi connectivity index (χ4n) is 3.98. The molecule has 0 aromatic heterocycles. The number of nitrogens with one attached hydrogen (secondary N) is 1. The van der Waals surface area contributed by atoms with Crippen LogP contribution in [-0.2, 0) is 23.9 Å². The number of nitrogens with zero attached hydrogens (tertiary/aromatic N) is 1. The second-order valence-electron chi connectivity index (χ2n) is 7.44. The van der Waals surface area contributed by atoms with E-state index in [0.717, 1.165) is 31.2 Å². The number of rotatable bonds is 7. The predicted molar refractivity (Wildman–Crippen MR) is 101 cm³/mol. The Bertz CT molecular complexity index is 724. The number of amides is 3. The summed E-state index contributed by atoms with van der Waals surface area (Å²) in [4.78, 5) is 49.8. The number of hydrogen-bond acceptors (Lipinski definition) is 5. The van der Waals surface area contributed by atoms with Gasteiger partial charge in [-0.05, 0) is 25.3 Å². The minimum atomic E-state index is -0.599. The van der Waals surface area contributed by atoms with E-state index >= 15 is 0 Å². The average Bonchev–Trinajstić information content (AvgIpc) is 2.96. The van der Waals surface area contributed by atoms with Crippen LogP contribution >= 0.6 is 0 Å². The Balaban J connectivity index is 1.40. The second kappa shape index (κ2) is 8.99. The Morgan fingerprint density at radius 2 is 1.71 bits per heavy atom. The highest BCUT2D eigenvalue weighted by molar-refractivity contribution is 6.05. The van der Waals surface area contributed by atoms with Gasteiger partial charge in [-0.1, -0.05) is 43.2 Å². The van der Waals surface area contributed by atoms with Gasteiger partial charge in [-0.15, -0.1) is 0 Å². The smallest absolute Gasteiger partial charge is 0.308 e. The van der Waals surface area contributed by atoms with Gasteiger partial charge in [-0.25, -0.2) is 0 Å². The van der Waals surface area contributed by atoms with Crippen molar-refractivity contribution in [3.8, 4) is 0 Å². The quantitative estimate of drug-likeness (QED) is 0.571. The van der Waals surface area contributed by atoms with E-state index in [1.807, 2.05) is 37.3 Å².